The average molecular weight is 327 g/mol. The number of halogens is 1. The summed E-state index contributed by atoms with van der Waals surface area (Å²) >= 11 is 3.76. The molecular weight excluding hydrogens is 312 g/mol. The highest BCUT2D eigenvalue weighted by molar-refractivity contribution is 9.09. The Hall–Kier alpha value is -1.87. The van der Waals surface area contributed by atoms with Gasteiger partial charge in [-0.25, -0.2) is 4.68 Å². The van der Waals surface area contributed by atoms with E-state index in [4.69, 9.17) is 0 Å². The maximum Gasteiger partial charge on any atom is 0.0675 e. The number of benzene rings is 2. The molecule has 0 aliphatic rings. The van der Waals surface area contributed by atoms with Crippen LogP contribution in [0.2, 0.25) is 0 Å². The van der Waals surface area contributed by atoms with Crippen molar-refractivity contribution in [1.82, 2.24) is 9.78 Å². The van der Waals surface area contributed by atoms with Crippen molar-refractivity contribution in [2.24, 2.45) is 0 Å². The molecule has 100 valence electrons. The Morgan fingerprint density at radius 2 is 1.80 bits per heavy atom. The molecule has 2 aromatic carbocycles. The Labute approximate surface area is 127 Å². The van der Waals surface area contributed by atoms with E-state index < -0.39 is 0 Å². The van der Waals surface area contributed by atoms with Crippen molar-refractivity contribution in [3.8, 4) is 5.69 Å². The maximum absolute atomic E-state index is 4.44. The molecule has 0 saturated heterocycles. The van der Waals surface area contributed by atoms with Crippen LogP contribution in [0.4, 0.5) is 0 Å². The molecule has 0 aliphatic carbocycles. The molecule has 1 atom stereocenters. The van der Waals surface area contributed by atoms with E-state index in [0.717, 1.165) is 11.3 Å². The van der Waals surface area contributed by atoms with Crippen molar-refractivity contribution < 1.29 is 0 Å². The normalized spacial score (nSPS) is 12.3. The lowest BCUT2D eigenvalue weighted by molar-refractivity contribution is 0.880. The van der Waals surface area contributed by atoms with Crippen LogP contribution >= 0.6 is 15.9 Å². The zero-order valence-corrected chi connectivity index (χ0v) is 12.8. The number of hydrogen-bond acceptors (Lipinski definition) is 1. The van der Waals surface area contributed by atoms with Gasteiger partial charge in [0.05, 0.1) is 16.7 Å². The van der Waals surface area contributed by atoms with Crippen molar-refractivity contribution >= 4 is 15.9 Å². The molecule has 1 unspecified atom stereocenters. The van der Waals surface area contributed by atoms with Gasteiger partial charge in [-0.2, -0.15) is 5.10 Å². The molecule has 0 aliphatic heterocycles. The number of aryl methyl sites for hydroxylation is 1. The van der Waals surface area contributed by atoms with Crippen LogP contribution < -0.4 is 0 Å². The maximum atomic E-state index is 4.44. The van der Waals surface area contributed by atoms with Gasteiger partial charge < -0.3 is 0 Å². The molecule has 0 radical (unpaired) electrons. The van der Waals surface area contributed by atoms with Crippen LogP contribution in [0.25, 0.3) is 5.69 Å². The topological polar surface area (TPSA) is 17.8 Å². The third-order valence-electron chi connectivity index (χ3n) is 3.25. The van der Waals surface area contributed by atoms with E-state index in [9.17, 15) is 0 Å². The van der Waals surface area contributed by atoms with E-state index in [1.807, 2.05) is 41.2 Å². The summed E-state index contributed by atoms with van der Waals surface area (Å²) in [5.41, 5.74) is 4.74. The van der Waals surface area contributed by atoms with Crippen molar-refractivity contribution in [2.75, 3.05) is 0 Å². The number of aromatic nitrogens is 2. The van der Waals surface area contributed by atoms with E-state index in [2.05, 4.69) is 58.4 Å². The quantitative estimate of drug-likeness (QED) is 0.640. The SMILES string of the molecule is Cc1cccc(C(Br)c2cnn(-c3ccccc3)c2)c1. The Bertz CT molecular complexity index is 704. The summed E-state index contributed by atoms with van der Waals surface area (Å²) in [6, 6.07) is 18.7. The fraction of sp³-hybridized carbons (Fsp3) is 0.118. The lowest BCUT2D eigenvalue weighted by atomic mass is 10.1. The highest BCUT2D eigenvalue weighted by Crippen LogP contribution is 2.31. The van der Waals surface area contributed by atoms with Gasteiger partial charge >= 0.3 is 0 Å². The molecule has 3 heteroatoms. The van der Waals surface area contributed by atoms with Crippen LogP contribution in [0.3, 0.4) is 0 Å². The minimum Gasteiger partial charge on any atom is -0.241 e. The van der Waals surface area contributed by atoms with Crippen molar-refractivity contribution in [1.29, 1.82) is 0 Å². The van der Waals surface area contributed by atoms with Gasteiger partial charge in [-0.1, -0.05) is 64.0 Å². The molecule has 0 fully saturated rings. The first kappa shape index (κ1) is 13.1. The molecule has 1 heterocycles. The lowest BCUT2D eigenvalue weighted by Crippen LogP contribution is -1.94. The summed E-state index contributed by atoms with van der Waals surface area (Å²) in [7, 11) is 0. The van der Waals surface area contributed by atoms with E-state index in [0.29, 0.717) is 0 Å². The van der Waals surface area contributed by atoms with Crippen molar-refractivity contribution in [2.45, 2.75) is 11.8 Å². The first-order chi connectivity index (χ1) is 9.74. The first-order valence-electron chi connectivity index (χ1n) is 6.54. The van der Waals surface area contributed by atoms with Crippen LogP contribution in [0.5, 0.6) is 0 Å². The standard InChI is InChI=1S/C17H15BrN2/c1-13-6-5-7-14(10-13)17(18)15-11-19-20(12-15)16-8-3-2-4-9-16/h2-12,17H,1H3. The monoisotopic (exact) mass is 326 g/mol. The minimum absolute atomic E-state index is 0.167. The Balaban J connectivity index is 1.90. The molecule has 0 bridgehead atoms. The number of rotatable bonds is 3. The summed E-state index contributed by atoms with van der Waals surface area (Å²) in [4.78, 5) is 0.167. The minimum atomic E-state index is 0.167. The summed E-state index contributed by atoms with van der Waals surface area (Å²) in [6.45, 7) is 2.11. The molecule has 20 heavy (non-hydrogen) atoms. The Kier molecular flexibility index (Phi) is 3.70. The molecule has 0 saturated carbocycles. The van der Waals surface area contributed by atoms with Crippen LogP contribution in [-0.2, 0) is 0 Å². The molecule has 3 rings (SSSR count). The van der Waals surface area contributed by atoms with Gasteiger partial charge in [0.2, 0.25) is 0 Å². The van der Waals surface area contributed by atoms with E-state index in [1.54, 1.807) is 0 Å². The molecule has 0 spiro atoms. The molecule has 1 aromatic heterocycles. The first-order valence-corrected chi connectivity index (χ1v) is 7.46. The van der Waals surface area contributed by atoms with Gasteiger partial charge in [0.1, 0.15) is 0 Å². The van der Waals surface area contributed by atoms with E-state index in [1.165, 1.54) is 11.1 Å². The molecular formula is C17H15BrN2. The second kappa shape index (κ2) is 5.63. The zero-order valence-electron chi connectivity index (χ0n) is 11.2. The van der Waals surface area contributed by atoms with Gasteiger partial charge in [0, 0.05) is 11.8 Å². The van der Waals surface area contributed by atoms with Crippen LogP contribution in [-0.4, -0.2) is 9.78 Å². The fourth-order valence-electron chi connectivity index (χ4n) is 2.21. The van der Waals surface area contributed by atoms with Gasteiger partial charge in [-0.15, -0.1) is 0 Å². The average Bonchev–Trinajstić information content (AvgIpc) is 2.97. The summed E-state index contributed by atoms with van der Waals surface area (Å²) in [5, 5.41) is 4.44. The van der Waals surface area contributed by atoms with Crippen molar-refractivity contribution in [3.63, 3.8) is 0 Å². The number of nitrogens with zero attached hydrogens (tertiary/aromatic N) is 2. The zero-order chi connectivity index (χ0) is 13.9. The van der Waals surface area contributed by atoms with Crippen molar-refractivity contribution in [3.05, 3.63) is 83.7 Å². The molecule has 3 aromatic rings. The highest BCUT2D eigenvalue weighted by atomic mass is 79.9. The summed E-state index contributed by atoms with van der Waals surface area (Å²) in [6.07, 6.45) is 3.98. The van der Waals surface area contributed by atoms with Crippen LogP contribution in [0.15, 0.2) is 67.0 Å². The predicted molar refractivity (Wildman–Crippen MR) is 85.5 cm³/mol. The largest absolute Gasteiger partial charge is 0.241 e. The van der Waals surface area contributed by atoms with Crippen LogP contribution in [0, 0.1) is 6.92 Å². The van der Waals surface area contributed by atoms with Gasteiger partial charge in [0.15, 0.2) is 0 Å². The van der Waals surface area contributed by atoms with Gasteiger partial charge in [-0.3, -0.25) is 0 Å². The van der Waals surface area contributed by atoms with Crippen LogP contribution in [0.1, 0.15) is 21.5 Å². The number of hydrogen-bond donors (Lipinski definition) is 0. The molecule has 0 N–H and O–H groups in total. The lowest BCUT2D eigenvalue weighted by Gasteiger charge is -2.08. The second-order valence-electron chi connectivity index (χ2n) is 4.83. The number of para-hydroxylation sites is 1. The summed E-state index contributed by atoms with van der Waals surface area (Å²) < 4.78 is 1.90. The molecule has 0 amide bonds. The highest BCUT2D eigenvalue weighted by Gasteiger charge is 2.13. The third-order valence-corrected chi connectivity index (χ3v) is 4.31. The van der Waals surface area contributed by atoms with Gasteiger partial charge in [-0.05, 0) is 24.6 Å². The Morgan fingerprint density at radius 1 is 1.00 bits per heavy atom. The second-order valence-corrected chi connectivity index (χ2v) is 5.75. The van der Waals surface area contributed by atoms with E-state index in [-0.39, 0.29) is 4.83 Å². The number of alkyl halides is 1. The summed E-state index contributed by atoms with van der Waals surface area (Å²) in [5.74, 6) is 0. The smallest absolute Gasteiger partial charge is 0.0675 e. The molecule has 2 nitrogen and oxygen atoms in total. The van der Waals surface area contributed by atoms with Gasteiger partial charge in [0.25, 0.3) is 0 Å². The predicted octanol–water partition coefficient (Wildman–Crippen LogP) is 4.67. The fourth-order valence-corrected chi connectivity index (χ4v) is 2.73. The Morgan fingerprint density at radius 3 is 2.55 bits per heavy atom. The van der Waals surface area contributed by atoms with E-state index >= 15 is 0 Å². The third kappa shape index (κ3) is 2.68.